The zero-order valence-electron chi connectivity index (χ0n) is 11.8. The maximum absolute atomic E-state index is 2.35. The van der Waals surface area contributed by atoms with Gasteiger partial charge in [0.25, 0.3) is 0 Å². The van der Waals surface area contributed by atoms with Crippen molar-refractivity contribution >= 4 is 0 Å². The normalized spacial score (nSPS) is 28.4. The first-order chi connectivity index (χ1) is 8.40. The molecule has 2 rings (SSSR count). The lowest BCUT2D eigenvalue weighted by molar-refractivity contribution is 0.281. The van der Waals surface area contributed by atoms with Crippen molar-refractivity contribution in [2.24, 2.45) is 11.8 Å². The summed E-state index contributed by atoms with van der Waals surface area (Å²) < 4.78 is 0. The summed E-state index contributed by atoms with van der Waals surface area (Å²) in [5, 5.41) is 0. The van der Waals surface area contributed by atoms with Crippen molar-refractivity contribution in [3.05, 3.63) is 5.92 Å². The molecular weight excluding hydrogens is 204 g/mol. The van der Waals surface area contributed by atoms with Gasteiger partial charge in [0.15, 0.2) is 0 Å². The first-order valence-corrected chi connectivity index (χ1v) is 8.24. The minimum Gasteiger partial charge on any atom is -0.0654 e. The quantitative estimate of drug-likeness (QED) is 0.555. The molecule has 2 aliphatic carbocycles. The fourth-order valence-corrected chi connectivity index (χ4v) is 4.06. The smallest absolute Gasteiger partial charge is 0.0210 e. The first kappa shape index (κ1) is 13.4. The van der Waals surface area contributed by atoms with Crippen LogP contribution < -0.4 is 0 Å². The molecule has 99 valence electrons. The van der Waals surface area contributed by atoms with Gasteiger partial charge in [-0.3, -0.25) is 0 Å². The van der Waals surface area contributed by atoms with E-state index in [1.54, 1.807) is 0 Å². The van der Waals surface area contributed by atoms with Crippen LogP contribution >= 0.6 is 0 Å². The molecule has 2 fully saturated rings. The van der Waals surface area contributed by atoms with Crippen LogP contribution in [0.4, 0.5) is 0 Å². The topological polar surface area (TPSA) is 0 Å². The standard InChI is InChI=1S/C17H31/c1-2-8-16-11-6-7-12-17(16)14-13-15-9-4-3-5-10-15/h15,17H,2-14H2,1H3. The van der Waals surface area contributed by atoms with Crippen molar-refractivity contribution in [1.29, 1.82) is 0 Å². The number of rotatable bonds is 5. The fraction of sp³-hybridized carbons (Fsp3) is 0.941. The molecule has 0 N–H and O–H groups in total. The summed E-state index contributed by atoms with van der Waals surface area (Å²) in [6.45, 7) is 2.35. The summed E-state index contributed by atoms with van der Waals surface area (Å²) in [5.41, 5.74) is 0. The van der Waals surface area contributed by atoms with Gasteiger partial charge in [-0.1, -0.05) is 64.7 Å². The van der Waals surface area contributed by atoms with Crippen molar-refractivity contribution in [3.63, 3.8) is 0 Å². The van der Waals surface area contributed by atoms with Crippen molar-refractivity contribution < 1.29 is 0 Å². The van der Waals surface area contributed by atoms with E-state index in [1.165, 1.54) is 83.5 Å². The number of hydrogen-bond donors (Lipinski definition) is 0. The lowest BCUT2D eigenvalue weighted by Gasteiger charge is -2.32. The Morgan fingerprint density at radius 3 is 2.41 bits per heavy atom. The summed E-state index contributed by atoms with van der Waals surface area (Å²) in [5.74, 6) is 4.05. The lowest BCUT2D eigenvalue weighted by Crippen LogP contribution is -2.19. The van der Waals surface area contributed by atoms with E-state index in [1.807, 2.05) is 5.92 Å². The minimum atomic E-state index is 1.02. The van der Waals surface area contributed by atoms with Gasteiger partial charge in [-0.25, -0.2) is 0 Å². The van der Waals surface area contributed by atoms with Gasteiger partial charge in [0.2, 0.25) is 0 Å². The lowest BCUT2D eigenvalue weighted by atomic mass is 9.73. The van der Waals surface area contributed by atoms with Gasteiger partial charge in [-0.2, -0.15) is 0 Å². The molecular formula is C17H31. The van der Waals surface area contributed by atoms with E-state index in [0.29, 0.717) is 0 Å². The molecule has 0 bridgehead atoms. The van der Waals surface area contributed by atoms with Crippen LogP contribution in [-0.2, 0) is 0 Å². The van der Waals surface area contributed by atoms with Crippen molar-refractivity contribution in [3.8, 4) is 0 Å². The van der Waals surface area contributed by atoms with Gasteiger partial charge < -0.3 is 0 Å². The summed E-state index contributed by atoms with van der Waals surface area (Å²) in [4.78, 5) is 0. The highest BCUT2D eigenvalue weighted by molar-refractivity contribution is 4.98. The van der Waals surface area contributed by atoms with Crippen LogP contribution in [-0.4, -0.2) is 0 Å². The van der Waals surface area contributed by atoms with Crippen molar-refractivity contribution in [2.75, 3.05) is 0 Å². The van der Waals surface area contributed by atoms with E-state index in [-0.39, 0.29) is 0 Å². The summed E-state index contributed by atoms with van der Waals surface area (Å²) in [6, 6.07) is 0. The van der Waals surface area contributed by atoms with Crippen molar-refractivity contribution in [2.45, 2.75) is 90.4 Å². The highest BCUT2D eigenvalue weighted by Gasteiger charge is 2.25. The van der Waals surface area contributed by atoms with Gasteiger partial charge in [0.1, 0.15) is 0 Å². The second-order valence-electron chi connectivity index (χ2n) is 6.43. The van der Waals surface area contributed by atoms with Crippen molar-refractivity contribution in [1.82, 2.24) is 0 Å². The Bertz CT molecular complexity index is 188. The summed E-state index contributed by atoms with van der Waals surface area (Å²) >= 11 is 0. The molecule has 1 atom stereocenters. The molecule has 1 unspecified atom stereocenters. The van der Waals surface area contributed by atoms with E-state index in [0.717, 1.165) is 11.8 Å². The molecule has 2 saturated carbocycles. The average molecular weight is 235 g/mol. The Hall–Kier alpha value is 0. The first-order valence-electron chi connectivity index (χ1n) is 8.24. The maximum atomic E-state index is 2.35. The third-order valence-electron chi connectivity index (χ3n) is 5.10. The van der Waals surface area contributed by atoms with Gasteiger partial charge in [-0.05, 0) is 43.4 Å². The molecule has 0 heterocycles. The summed E-state index contributed by atoms with van der Waals surface area (Å²) in [6.07, 6.45) is 19.4. The molecule has 0 heteroatoms. The van der Waals surface area contributed by atoms with Gasteiger partial charge >= 0.3 is 0 Å². The van der Waals surface area contributed by atoms with Crippen LogP contribution in [0.5, 0.6) is 0 Å². The van der Waals surface area contributed by atoms with Crippen LogP contribution in [0.3, 0.4) is 0 Å². The zero-order chi connectivity index (χ0) is 11.9. The van der Waals surface area contributed by atoms with E-state index < -0.39 is 0 Å². The fourth-order valence-electron chi connectivity index (χ4n) is 4.06. The monoisotopic (exact) mass is 235 g/mol. The Labute approximate surface area is 109 Å². The third kappa shape index (κ3) is 4.30. The van der Waals surface area contributed by atoms with Gasteiger partial charge in [-0.15, -0.1) is 0 Å². The van der Waals surface area contributed by atoms with Crippen LogP contribution in [0.1, 0.15) is 90.4 Å². The van der Waals surface area contributed by atoms with Crippen LogP contribution in [0, 0.1) is 17.8 Å². The number of hydrogen-bond acceptors (Lipinski definition) is 0. The Kier molecular flexibility index (Phi) is 5.88. The predicted octanol–water partition coefficient (Wildman–Crippen LogP) is 5.91. The highest BCUT2D eigenvalue weighted by Crippen LogP contribution is 2.39. The molecule has 0 spiro atoms. The molecule has 0 saturated heterocycles. The molecule has 0 aliphatic heterocycles. The predicted molar refractivity (Wildman–Crippen MR) is 75.9 cm³/mol. The van der Waals surface area contributed by atoms with Crippen LogP contribution in [0.15, 0.2) is 0 Å². The molecule has 0 aromatic rings. The molecule has 0 aromatic carbocycles. The Morgan fingerprint density at radius 2 is 1.65 bits per heavy atom. The van der Waals surface area contributed by atoms with Crippen LogP contribution in [0.25, 0.3) is 0 Å². The van der Waals surface area contributed by atoms with E-state index >= 15 is 0 Å². The molecule has 1 radical (unpaired) electrons. The van der Waals surface area contributed by atoms with E-state index in [9.17, 15) is 0 Å². The molecule has 0 amide bonds. The largest absolute Gasteiger partial charge is 0.0654 e. The molecule has 2 aliphatic rings. The molecule has 0 nitrogen and oxygen atoms in total. The highest BCUT2D eigenvalue weighted by atomic mass is 14.3. The van der Waals surface area contributed by atoms with Crippen LogP contribution in [0.2, 0.25) is 0 Å². The second kappa shape index (κ2) is 7.44. The molecule has 0 aromatic heterocycles. The maximum Gasteiger partial charge on any atom is -0.0210 e. The Morgan fingerprint density at radius 1 is 0.882 bits per heavy atom. The second-order valence-corrected chi connectivity index (χ2v) is 6.43. The SMILES string of the molecule is CCC[C]1CCCCC1CCC1CCCCC1. The van der Waals surface area contributed by atoms with E-state index in [4.69, 9.17) is 0 Å². The van der Waals surface area contributed by atoms with Gasteiger partial charge in [0, 0.05) is 0 Å². The third-order valence-corrected chi connectivity index (χ3v) is 5.10. The summed E-state index contributed by atoms with van der Waals surface area (Å²) in [7, 11) is 0. The van der Waals surface area contributed by atoms with E-state index in [2.05, 4.69) is 6.92 Å². The average Bonchev–Trinajstić information content (AvgIpc) is 2.39. The minimum absolute atomic E-state index is 1.02. The Balaban J connectivity index is 1.71. The zero-order valence-corrected chi connectivity index (χ0v) is 11.8. The molecule has 17 heavy (non-hydrogen) atoms. The van der Waals surface area contributed by atoms with Gasteiger partial charge in [0.05, 0.1) is 0 Å².